The van der Waals surface area contributed by atoms with E-state index in [2.05, 4.69) is 20.2 Å². The van der Waals surface area contributed by atoms with Crippen LogP contribution in [0.4, 0.5) is 5.82 Å². The third-order valence-electron chi connectivity index (χ3n) is 1.71. The zero-order valence-electron chi connectivity index (χ0n) is 6.70. The summed E-state index contributed by atoms with van der Waals surface area (Å²) < 4.78 is 0. The van der Waals surface area contributed by atoms with E-state index in [0.29, 0.717) is 11.3 Å². The van der Waals surface area contributed by atoms with Crippen molar-refractivity contribution in [2.75, 3.05) is 5.73 Å². The van der Waals surface area contributed by atoms with Crippen LogP contribution in [0, 0.1) is 0 Å². The van der Waals surface area contributed by atoms with Gasteiger partial charge in [-0.3, -0.25) is 0 Å². The van der Waals surface area contributed by atoms with E-state index in [1.165, 1.54) is 0 Å². The summed E-state index contributed by atoms with van der Waals surface area (Å²) in [7, 11) is 0. The van der Waals surface area contributed by atoms with Crippen molar-refractivity contribution < 1.29 is 0 Å². The smallest absolute Gasteiger partial charge is 0.174 e. The first kappa shape index (κ1) is 7.02. The number of rotatable bonds is 1. The molecule has 0 amide bonds. The van der Waals surface area contributed by atoms with Gasteiger partial charge in [0.15, 0.2) is 5.82 Å². The van der Waals surface area contributed by atoms with Crippen molar-refractivity contribution in [3.05, 3.63) is 12.0 Å². The van der Waals surface area contributed by atoms with Crippen molar-refractivity contribution in [3.63, 3.8) is 0 Å². The lowest BCUT2D eigenvalue weighted by molar-refractivity contribution is 1.00. The van der Waals surface area contributed by atoms with E-state index in [4.69, 9.17) is 5.73 Å². The molecule has 0 atom stereocenters. The van der Waals surface area contributed by atoms with E-state index in [0.717, 1.165) is 17.8 Å². The maximum Gasteiger partial charge on any atom is 0.174 e. The number of nitrogen functional groups attached to an aromatic ring is 1. The lowest BCUT2D eigenvalue weighted by atomic mass is 10.4. The molecule has 0 fully saturated rings. The number of aromatic nitrogens is 4. The van der Waals surface area contributed by atoms with Gasteiger partial charge in [-0.2, -0.15) is 5.10 Å². The second kappa shape index (κ2) is 2.44. The third kappa shape index (κ3) is 0.903. The average molecular weight is 163 g/mol. The summed E-state index contributed by atoms with van der Waals surface area (Å²) in [6, 6.07) is 0. The van der Waals surface area contributed by atoms with Crippen LogP contribution in [0.3, 0.4) is 0 Å². The van der Waals surface area contributed by atoms with Gasteiger partial charge < -0.3 is 10.7 Å². The molecule has 2 heterocycles. The van der Waals surface area contributed by atoms with Crippen molar-refractivity contribution >= 4 is 16.9 Å². The number of anilines is 1. The van der Waals surface area contributed by atoms with Gasteiger partial charge in [-0.1, -0.05) is 6.92 Å². The van der Waals surface area contributed by atoms with Crippen LogP contribution in [-0.2, 0) is 6.42 Å². The quantitative estimate of drug-likeness (QED) is 0.641. The molecule has 2 aromatic rings. The number of aryl methyl sites for hydroxylation is 1. The minimum absolute atomic E-state index is 0.378. The predicted octanol–water partition coefficient (Wildman–Crippen LogP) is 0.497. The summed E-state index contributed by atoms with van der Waals surface area (Å²) in [5.41, 5.74) is 7.12. The van der Waals surface area contributed by atoms with Crippen LogP contribution in [0.15, 0.2) is 6.20 Å². The summed E-state index contributed by atoms with van der Waals surface area (Å²) in [6.07, 6.45) is 2.48. The molecular weight excluding hydrogens is 154 g/mol. The summed E-state index contributed by atoms with van der Waals surface area (Å²) in [5.74, 6) is 1.29. The van der Waals surface area contributed by atoms with Crippen LogP contribution in [0.1, 0.15) is 12.7 Å². The van der Waals surface area contributed by atoms with Crippen LogP contribution in [0.2, 0.25) is 0 Å². The molecule has 2 rings (SSSR count). The van der Waals surface area contributed by atoms with Gasteiger partial charge in [0, 0.05) is 6.42 Å². The number of hydrogen-bond donors (Lipinski definition) is 2. The Kier molecular flexibility index (Phi) is 1.43. The van der Waals surface area contributed by atoms with Gasteiger partial charge in [-0.15, -0.1) is 5.10 Å². The van der Waals surface area contributed by atoms with Gasteiger partial charge in [0.2, 0.25) is 0 Å². The Morgan fingerprint density at radius 2 is 2.42 bits per heavy atom. The maximum absolute atomic E-state index is 5.57. The number of imidazole rings is 1. The van der Waals surface area contributed by atoms with Crippen LogP contribution in [-0.4, -0.2) is 20.2 Å². The molecule has 5 nitrogen and oxygen atoms in total. The number of nitrogens with one attached hydrogen (secondary N) is 1. The summed E-state index contributed by atoms with van der Waals surface area (Å²) in [4.78, 5) is 7.34. The first-order valence-electron chi connectivity index (χ1n) is 3.77. The highest BCUT2D eigenvalue weighted by atomic mass is 15.1. The van der Waals surface area contributed by atoms with Crippen LogP contribution >= 0.6 is 0 Å². The van der Waals surface area contributed by atoms with Gasteiger partial charge in [-0.05, 0) is 0 Å². The number of aromatic amines is 1. The molecule has 0 saturated carbocycles. The molecule has 0 aromatic carbocycles. The van der Waals surface area contributed by atoms with Gasteiger partial charge in [0.1, 0.15) is 11.3 Å². The van der Waals surface area contributed by atoms with Crippen LogP contribution in [0.25, 0.3) is 11.0 Å². The number of hydrogen-bond acceptors (Lipinski definition) is 4. The fraction of sp³-hybridized carbons (Fsp3) is 0.286. The molecular formula is C7H9N5. The number of H-pyrrole nitrogens is 1. The Morgan fingerprint density at radius 3 is 3.08 bits per heavy atom. The van der Waals surface area contributed by atoms with E-state index in [9.17, 15) is 0 Å². The summed E-state index contributed by atoms with van der Waals surface area (Å²) in [6.45, 7) is 2.02. The zero-order chi connectivity index (χ0) is 8.55. The van der Waals surface area contributed by atoms with E-state index in [-0.39, 0.29) is 0 Å². The van der Waals surface area contributed by atoms with Gasteiger partial charge in [0.25, 0.3) is 0 Å². The van der Waals surface area contributed by atoms with Crippen molar-refractivity contribution in [2.45, 2.75) is 13.3 Å². The van der Waals surface area contributed by atoms with Gasteiger partial charge >= 0.3 is 0 Å². The minimum Gasteiger partial charge on any atom is -0.380 e. The summed E-state index contributed by atoms with van der Waals surface area (Å²) in [5, 5.41) is 7.41. The second-order valence-electron chi connectivity index (χ2n) is 2.53. The molecule has 0 spiro atoms. The number of nitrogens with two attached hydrogens (primary N) is 1. The molecule has 5 heteroatoms. The largest absolute Gasteiger partial charge is 0.380 e. The number of fused-ring (bicyclic) bond motifs is 1. The minimum atomic E-state index is 0.378. The Morgan fingerprint density at radius 1 is 1.58 bits per heavy atom. The predicted molar refractivity (Wildman–Crippen MR) is 45.5 cm³/mol. The van der Waals surface area contributed by atoms with Gasteiger partial charge in [0.05, 0.1) is 11.7 Å². The first-order valence-corrected chi connectivity index (χ1v) is 3.77. The molecule has 12 heavy (non-hydrogen) atoms. The lowest BCUT2D eigenvalue weighted by Gasteiger charge is -1.88. The molecule has 3 N–H and O–H groups in total. The Bertz CT molecular complexity index is 405. The standard InChI is InChI=1S/C7H9N5/c1-2-5-10-4-3-9-12-7(8)6(4)11-5/h3H,2H2,1H3,(H2,8,12)(H,10,11). The normalized spacial score (nSPS) is 10.8. The van der Waals surface area contributed by atoms with E-state index in [1.54, 1.807) is 6.20 Å². The highest BCUT2D eigenvalue weighted by Crippen LogP contribution is 2.13. The molecule has 0 aliphatic rings. The van der Waals surface area contributed by atoms with Crippen molar-refractivity contribution in [2.24, 2.45) is 0 Å². The van der Waals surface area contributed by atoms with E-state index >= 15 is 0 Å². The molecule has 0 bridgehead atoms. The molecule has 0 aliphatic heterocycles. The van der Waals surface area contributed by atoms with Crippen LogP contribution < -0.4 is 5.73 Å². The van der Waals surface area contributed by atoms with Crippen molar-refractivity contribution in [3.8, 4) is 0 Å². The summed E-state index contributed by atoms with van der Waals surface area (Å²) >= 11 is 0. The molecule has 0 radical (unpaired) electrons. The van der Waals surface area contributed by atoms with Crippen molar-refractivity contribution in [1.29, 1.82) is 0 Å². The first-order chi connectivity index (χ1) is 5.81. The van der Waals surface area contributed by atoms with E-state index in [1.807, 2.05) is 6.92 Å². The highest BCUT2D eigenvalue weighted by Gasteiger charge is 2.04. The zero-order valence-corrected chi connectivity index (χ0v) is 6.70. The fourth-order valence-corrected chi connectivity index (χ4v) is 1.09. The lowest BCUT2D eigenvalue weighted by Crippen LogP contribution is -1.92. The molecule has 62 valence electrons. The average Bonchev–Trinajstić information content (AvgIpc) is 2.49. The van der Waals surface area contributed by atoms with Crippen LogP contribution in [0.5, 0.6) is 0 Å². The third-order valence-corrected chi connectivity index (χ3v) is 1.71. The Labute approximate surface area is 69.0 Å². The SMILES string of the molecule is CCc1nc2c(N)nncc2[nH]1. The maximum atomic E-state index is 5.57. The molecule has 0 unspecified atom stereocenters. The molecule has 2 aromatic heterocycles. The monoisotopic (exact) mass is 163 g/mol. The Balaban J connectivity index is 2.74. The Hall–Kier alpha value is -1.65. The number of nitrogens with zero attached hydrogens (tertiary/aromatic N) is 3. The molecule has 0 aliphatic carbocycles. The van der Waals surface area contributed by atoms with Gasteiger partial charge in [-0.25, -0.2) is 4.98 Å². The second-order valence-corrected chi connectivity index (χ2v) is 2.53. The topological polar surface area (TPSA) is 80.5 Å². The van der Waals surface area contributed by atoms with Crippen molar-refractivity contribution in [1.82, 2.24) is 20.2 Å². The fourth-order valence-electron chi connectivity index (χ4n) is 1.09. The highest BCUT2D eigenvalue weighted by molar-refractivity contribution is 5.83. The molecule has 0 saturated heterocycles. The van der Waals surface area contributed by atoms with E-state index < -0.39 is 0 Å².